The molecule has 0 aliphatic carbocycles. The summed E-state index contributed by atoms with van der Waals surface area (Å²) >= 11 is 1.44. The first-order valence-electron chi connectivity index (χ1n) is 11.0. The Hall–Kier alpha value is -2.81. The van der Waals surface area contributed by atoms with Gasteiger partial charge in [0.25, 0.3) is 5.91 Å². The number of imidazole rings is 1. The van der Waals surface area contributed by atoms with E-state index in [0.29, 0.717) is 18.0 Å². The van der Waals surface area contributed by atoms with Crippen molar-refractivity contribution in [3.63, 3.8) is 0 Å². The number of nitrogens with zero attached hydrogens (tertiary/aromatic N) is 4. The van der Waals surface area contributed by atoms with E-state index in [1.54, 1.807) is 6.20 Å². The summed E-state index contributed by atoms with van der Waals surface area (Å²) in [7, 11) is 0. The zero-order chi connectivity index (χ0) is 22.2. The maximum atomic E-state index is 13.0. The minimum absolute atomic E-state index is 0.0589. The maximum Gasteiger partial charge on any atom is 0.262 e. The second-order valence-electron chi connectivity index (χ2n) is 8.50. The van der Waals surface area contributed by atoms with Crippen molar-refractivity contribution in [3.8, 4) is 0 Å². The Morgan fingerprint density at radius 3 is 3.03 bits per heavy atom. The molecule has 4 aromatic rings. The predicted molar refractivity (Wildman–Crippen MR) is 126 cm³/mol. The summed E-state index contributed by atoms with van der Waals surface area (Å²) in [4.78, 5) is 26.2. The molecule has 166 valence electrons. The largest absolute Gasteiger partial charge is 0.371 e. The van der Waals surface area contributed by atoms with Gasteiger partial charge in [-0.2, -0.15) is 0 Å². The van der Waals surface area contributed by atoms with E-state index in [0.717, 1.165) is 40.2 Å². The first-order valence-corrected chi connectivity index (χ1v) is 11.8. The van der Waals surface area contributed by atoms with Gasteiger partial charge in [0.05, 0.1) is 24.1 Å². The molecule has 0 aromatic carbocycles. The number of thiophene rings is 1. The number of amides is 1. The summed E-state index contributed by atoms with van der Waals surface area (Å²) in [5.41, 5.74) is 4.15. The number of carbonyl (C=O) groups is 1. The minimum atomic E-state index is -0.186. The molecule has 0 spiro atoms. The summed E-state index contributed by atoms with van der Waals surface area (Å²) < 4.78 is 8.39. The highest BCUT2D eigenvalue weighted by Crippen LogP contribution is 2.37. The molecule has 1 aliphatic heterocycles. The van der Waals surface area contributed by atoms with Crippen molar-refractivity contribution in [1.82, 2.24) is 24.6 Å². The maximum absolute atomic E-state index is 13.0. The molecule has 0 saturated carbocycles. The summed E-state index contributed by atoms with van der Waals surface area (Å²) in [5.74, 6) is -0.0589. The highest BCUT2D eigenvalue weighted by Gasteiger charge is 2.30. The van der Waals surface area contributed by atoms with E-state index in [-0.39, 0.29) is 18.1 Å². The van der Waals surface area contributed by atoms with E-state index >= 15 is 0 Å². The lowest BCUT2D eigenvalue weighted by atomic mass is 10.0. The number of aryl methyl sites for hydroxylation is 1. The molecule has 1 atom stereocenters. The SMILES string of the molecule is Cc1nc2ccccn2c1CN1CCO[C@@H](c2c(C(=O)NC(C)C)sc3ncccc23)C1. The highest BCUT2D eigenvalue weighted by molar-refractivity contribution is 7.20. The van der Waals surface area contributed by atoms with Crippen molar-refractivity contribution < 1.29 is 9.53 Å². The fraction of sp³-hybridized carbons (Fsp3) is 0.375. The lowest BCUT2D eigenvalue weighted by Crippen LogP contribution is -2.39. The minimum Gasteiger partial charge on any atom is -0.371 e. The van der Waals surface area contributed by atoms with Gasteiger partial charge in [0, 0.05) is 49.0 Å². The van der Waals surface area contributed by atoms with Crippen LogP contribution in [0.2, 0.25) is 0 Å². The second kappa shape index (κ2) is 8.61. The molecule has 32 heavy (non-hydrogen) atoms. The molecule has 5 rings (SSSR count). The Morgan fingerprint density at radius 1 is 1.31 bits per heavy atom. The molecular weight excluding hydrogens is 422 g/mol. The molecule has 1 amide bonds. The number of hydrogen-bond donors (Lipinski definition) is 1. The average molecular weight is 450 g/mol. The van der Waals surface area contributed by atoms with Gasteiger partial charge in [-0.1, -0.05) is 12.1 Å². The van der Waals surface area contributed by atoms with Crippen molar-refractivity contribution in [2.75, 3.05) is 19.7 Å². The number of nitrogens with one attached hydrogen (secondary N) is 1. The summed E-state index contributed by atoms with van der Waals surface area (Å²) in [6.07, 6.45) is 3.65. The third kappa shape index (κ3) is 3.90. The Morgan fingerprint density at radius 2 is 2.19 bits per heavy atom. The molecule has 1 aliphatic rings. The van der Waals surface area contributed by atoms with Crippen molar-refractivity contribution in [3.05, 3.63) is 64.6 Å². The van der Waals surface area contributed by atoms with Gasteiger partial charge in [-0.3, -0.25) is 9.69 Å². The van der Waals surface area contributed by atoms with Gasteiger partial charge in [0.2, 0.25) is 0 Å². The fourth-order valence-corrected chi connectivity index (χ4v) is 5.45. The van der Waals surface area contributed by atoms with E-state index in [4.69, 9.17) is 9.72 Å². The molecule has 1 N–H and O–H groups in total. The Balaban J connectivity index is 1.46. The van der Waals surface area contributed by atoms with Crippen LogP contribution in [0, 0.1) is 6.92 Å². The van der Waals surface area contributed by atoms with Crippen LogP contribution < -0.4 is 5.32 Å². The zero-order valence-corrected chi connectivity index (χ0v) is 19.4. The Labute approximate surface area is 191 Å². The third-order valence-electron chi connectivity index (χ3n) is 5.81. The number of morpholine rings is 1. The zero-order valence-electron chi connectivity index (χ0n) is 18.5. The van der Waals surface area contributed by atoms with Crippen LogP contribution in [0.5, 0.6) is 0 Å². The van der Waals surface area contributed by atoms with Crippen LogP contribution in [-0.2, 0) is 11.3 Å². The third-order valence-corrected chi connectivity index (χ3v) is 6.93. The van der Waals surface area contributed by atoms with E-state index in [9.17, 15) is 4.79 Å². The molecule has 0 radical (unpaired) electrons. The number of carbonyl (C=O) groups excluding carboxylic acids is 1. The molecule has 1 fully saturated rings. The van der Waals surface area contributed by atoms with E-state index < -0.39 is 0 Å². The van der Waals surface area contributed by atoms with Gasteiger partial charge in [-0.05, 0) is 39.0 Å². The van der Waals surface area contributed by atoms with Crippen LogP contribution in [0.25, 0.3) is 15.9 Å². The number of rotatable bonds is 5. The quantitative estimate of drug-likeness (QED) is 0.499. The van der Waals surface area contributed by atoms with Crippen LogP contribution in [-0.4, -0.2) is 50.9 Å². The molecule has 5 heterocycles. The molecule has 0 bridgehead atoms. The van der Waals surface area contributed by atoms with Crippen molar-refractivity contribution in [2.24, 2.45) is 0 Å². The van der Waals surface area contributed by atoms with Crippen molar-refractivity contribution in [2.45, 2.75) is 39.5 Å². The topological polar surface area (TPSA) is 71.8 Å². The Kier molecular flexibility index (Phi) is 5.67. The number of ether oxygens (including phenoxy) is 1. The number of aromatic nitrogens is 3. The van der Waals surface area contributed by atoms with Gasteiger partial charge in [-0.25, -0.2) is 9.97 Å². The Bertz CT molecular complexity index is 1280. The second-order valence-corrected chi connectivity index (χ2v) is 9.50. The average Bonchev–Trinajstić information content (AvgIpc) is 3.32. The molecule has 4 aromatic heterocycles. The van der Waals surface area contributed by atoms with Gasteiger partial charge in [0.15, 0.2) is 0 Å². The first-order chi connectivity index (χ1) is 15.5. The first kappa shape index (κ1) is 21.1. The standard InChI is InChI=1S/C24H27N5O2S/c1-15(2)26-23(30)22-21(17-7-6-9-25-24(17)32-22)19-14-28(11-12-31-19)13-18-16(3)27-20-8-4-5-10-29(18)20/h4-10,15,19H,11-14H2,1-3H3,(H,26,30)/t19-/m1/s1. The van der Waals surface area contributed by atoms with Gasteiger partial charge < -0.3 is 14.5 Å². The van der Waals surface area contributed by atoms with Crippen LogP contribution in [0.3, 0.4) is 0 Å². The van der Waals surface area contributed by atoms with Crippen LogP contribution in [0.4, 0.5) is 0 Å². The smallest absolute Gasteiger partial charge is 0.262 e. The normalized spacial score (nSPS) is 17.4. The summed E-state index contributed by atoms with van der Waals surface area (Å²) in [6.45, 7) is 8.95. The highest BCUT2D eigenvalue weighted by atomic mass is 32.1. The van der Waals surface area contributed by atoms with Crippen LogP contribution >= 0.6 is 11.3 Å². The number of pyridine rings is 2. The lowest BCUT2D eigenvalue weighted by Gasteiger charge is -2.33. The van der Waals surface area contributed by atoms with Gasteiger partial charge >= 0.3 is 0 Å². The van der Waals surface area contributed by atoms with Crippen molar-refractivity contribution >= 4 is 33.1 Å². The molecule has 8 heteroatoms. The molecule has 0 unspecified atom stereocenters. The number of hydrogen-bond acceptors (Lipinski definition) is 6. The monoisotopic (exact) mass is 449 g/mol. The van der Waals surface area contributed by atoms with Crippen LogP contribution in [0.1, 0.15) is 46.6 Å². The van der Waals surface area contributed by atoms with Gasteiger partial charge in [0.1, 0.15) is 15.4 Å². The summed E-state index contributed by atoms with van der Waals surface area (Å²) in [5, 5.41) is 4.04. The van der Waals surface area contributed by atoms with Crippen molar-refractivity contribution in [1.29, 1.82) is 0 Å². The van der Waals surface area contributed by atoms with Crippen LogP contribution in [0.15, 0.2) is 42.7 Å². The molecule has 7 nitrogen and oxygen atoms in total. The van der Waals surface area contributed by atoms with E-state index in [1.165, 1.54) is 17.0 Å². The van der Waals surface area contributed by atoms with Gasteiger partial charge in [-0.15, -0.1) is 11.3 Å². The predicted octanol–water partition coefficient (Wildman–Crippen LogP) is 3.96. The van der Waals surface area contributed by atoms with E-state index in [2.05, 4.69) is 32.7 Å². The summed E-state index contributed by atoms with van der Waals surface area (Å²) in [6, 6.07) is 10.1. The molecular formula is C24H27N5O2S. The fourth-order valence-electron chi connectivity index (χ4n) is 4.35. The number of fused-ring (bicyclic) bond motifs is 2. The van der Waals surface area contributed by atoms with E-state index in [1.807, 2.05) is 44.2 Å². The molecule has 1 saturated heterocycles. The lowest BCUT2D eigenvalue weighted by molar-refractivity contribution is -0.0328.